The largest absolute Gasteiger partial charge is 0.497 e. The third-order valence-electron chi connectivity index (χ3n) is 3.86. The van der Waals surface area contributed by atoms with Crippen molar-refractivity contribution in [1.82, 2.24) is 4.98 Å². The minimum absolute atomic E-state index is 0.0713. The van der Waals surface area contributed by atoms with E-state index in [4.69, 9.17) is 4.74 Å². The zero-order valence-corrected chi connectivity index (χ0v) is 14.9. The summed E-state index contributed by atoms with van der Waals surface area (Å²) < 4.78 is 6.10. The Kier molecular flexibility index (Phi) is 5.09. The van der Waals surface area contributed by atoms with Crippen LogP contribution < -0.4 is 10.1 Å². The van der Waals surface area contributed by atoms with E-state index in [0.29, 0.717) is 16.4 Å². The number of fused-ring (bicyclic) bond motifs is 1. The zero-order chi connectivity index (χ0) is 17.8. The number of hydrogen-bond donors (Lipinski definition) is 1. The SMILES string of the molecule is COc1ccc(C(=O)CCC(=O)Nc2nc3c(C)cccc3s2)cc1. The molecule has 25 heavy (non-hydrogen) atoms. The zero-order valence-electron chi connectivity index (χ0n) is 14.0. The monoisotopic (exact) mass is 354 g/mol. The van der Waals surface area contributed by atoms with Gasteiger partial charge in [-0.1, -0.05) is 23.5 Å². The predicted molar refractivity (Wildman–Crippen MR) is 99.5 cm³/mol. The van der Waals surface area contributed by atoms with Gasteiger partial charge in [0, 0.05) is 18.4 Å². The molecule has 0 unspecified atom stereocenters. The van der Waals surface area contributed by atoms with Crippen LogP contribution in [0.4, 0.5) is 5.13 Å². The third-order valence-corrected chi connectivity index (χ3v) is 4.79. The van der Waals surface area contributed by atoms with Gasteiger partial charge in [-0.15, -0.1) is 0 Å². The van der Waals surface area contributed by atoms with Crippen molar-refractivity contribution in [2.24, 2.45) is 0 Å². The Balaban J connectivity index is 1.58. The molecule has 0 aliphatic carbocycles. The maximum atomic E-state index is 12.2. The van der Waals surface area contributed by atoms with Gasteiger partial charge in [-0.2, -0.15) is 0 Å². The number of nitrogens with one attached hydrogen (secondary N) is 1. The molecule has 0 saturated carbocycles. The highest BCUT2D eigenvalue weighted by molar-refractivity contribution is 7.22. The number of rotatable bonds is 6. The molecule has 0 atom stereocenters. The average Bonchev–Trinajstić information content (AvgIpc) is 3.03. The van der Waals surface area contributed by atoms with Crippen LogP contribution in [0.25, 0.3) is 10.2 Å². The molecular formula is C19H18N2O3S. The van der Waals surface area contributed by atoms with E-state index < -0.39 is 0 Å². The standard InChI is InChI=1S/C19H18N2O3S/c1-12-4-3-5-16-18(12)21-19(25-16)20-17(23)11-10-15(22)13-6-8-14(24-2)9-7-13/h3-9H,10-11H2,1-2H3,(H,20,21,23). The number of para-hydroxylation sites is 1. The summed E-state index contributed by atoms with van der Waals surface area (Å²) in [7, 11) is 1.57. The second-order valence-electron chi connectivity index (χ2n) is 5.64. The Hall–Kier alpha value is -2.73. The van der Waals surface area contributed by atoms with Gasteiger partial charge in [0.2, 0.25) is 5.91 Å². The van der Waals surface area contributed by atoms with Crippen molar-refractivity contribution < 1.29 is 14.3 Å². The van der Waals surface area contributed by atoms with Crippen LogP contribution in [0.5, 0.6) is 5.75 Å². The predicted octanol–water partition coefficient (Wildman–Crippen LogP) is 4.21. The van der Waals surface area contributed by atoms with Crippen LogP contribution in [0, 0.1) is 6.92 Å². The fourth-order valence-corrected chi connectivity index (χ4v) is 3.43. The van der Waals surface area contributed by atoms with Crippen molar-refractivity contribution in [1.29, 1.82) is 0 Å². The van der Waals surface area contributed by atoms with Gasteiger partial charge in [-0.25, -0.2) is 4.98 Å². The number of thiazole rings is 1. The normalized spacial score (nSPS) is 10.6. The Morgan fingerprint density at radius 2 is 1.88 bits per heavy atom. The van der Waals surface area contributed by atoms with Gasteiger partial charge in [0.15, 0.2) is 10.9 Å². The molecule has 128 valence electrons. The van der Waals surface area contributed by atoms with Gasteiger partial charge in [0.1, 0.15) is 5.75 Å². The van der Waals surface area contributed by atoms with Crippen LogP contribution in [0.1, 0.15) is 28.8 Å². The molecule has 0 spiro atoms. The second kappa shape index (κ2) is 7.44. The lowest BCUT2D eigenvalue weighted by molar-refractivity contribution is -0.116. The first-order chi connectivity index (χ1) is 12.1. The van der Waals surface area contributed by atoms with E-state index in [-0.39, 0.29) is 24.5 Å². The van der Waals surface area contributed by atoms with Crippen LogP contribution in [0.15, 0.2) is 42.5 Å². The quantitative estimate of drug-likeness (QED) is 0.673. The molecule has 0 saturated heterocycles. The molecule has 1 amide bonds. The highest BCUT2D eigenvalue weighted by atomic mass is 32.1. The Morgan fingerprint density at radius 1 is 1.12 bits per heavy atom. The maximum Gasteiger partial charge on any atom is 0.226 e. The van der Waals surface area contributed by atoms with Crippen molar-refractivity contribution in [3.8, 4) is 5.75 Å². The van der Waals surface area contributed by atoms with Crippen molar-refractivity contribution >= 4 is 38.4 Å². The van der Waals surface area contributed by atoms with E-state index in [0.717, 1.165) is 15.8 Å². The molecule has 5 nitrogen and oxygen atoms in total. The number of ketones is 1. The number of anilines is 1. The molecule has 1 N–H and O–H groups in total. The number of carbonyl (C=O) groups is 2. The number of hydrogen-bond acceptors (Lipinski definition) is 5. The molecule has 0 fully saturated rings. The highest BCUT2D eigenvalue weighted by Crippen LogP contribution is 2.28. The van der Waals surface area contributed by atoms with E-state index in [9.17, 15) is 9.59 Å². The molecule has 6 heteroatoms. The Labute approximate surface area is 149 Å². The number of methoxy groups -OCH3 is 1. The van der Waals surface area contributed by atoms with Gasteiger partial charge in [-0.05, 0) is 42.8 Å². The van der Waals surface area contributed by atoms with Crippen LogP contribution >= 0.6 is 11.3 Å². The minimum atomic E-state index is -0.210. The number of ether oxygens (including phenoxy) is 1. The summed E-state index contributed by atoms with van der Waals surface area (Å²) >= 11 is 1.43. The first kappa shape index (κ1) is 17.1. The van der Waals surface area contributed by atoms with Crippen molar-refractivity contribution in [2.45, 2.75) is 19.8 Å². The Bertz CT molecular complexity index is 916. The maximum absolute atomic E-state index is 12.2. The van der Waals surface area contributed by atoms with E-state index >= 15 is 0 Å². The number of nitrogens with zero attached hydrogens (tertiary/aromatic N) is 1. The number of aromatic nitrogens is 1. The van der Waals surface area contributed by atoms with Crippen LogP contribution in [-0.4, -0.2) is 23.8 Å². The summed E-state index contributed by atoms with van der Waals surface area (Å²) in [6.45, 7) is 1.99. The van der Waals surface area contributed by atoms with Crippen LogP contribution in [0.3, 0.4) is 0 Å². The van der Waals surface area contributed by atoms with E-state index in [2.05, 4.69) is 10.3 Å². The number of Topliss-reactive ketones (excluding diaryl/α,β-unsaturated/α-hetero) is 1. The molecule has 2 aromatic carbocycles. The average molecular weight is 354 g/mol. The van der Waals surface area contributed by atoms with Gasteiger partial charge < -0.3 is 10.1 Å². The third kappa shape index (κ3) is 4.03. The number of benzene rings is 2. The van der Waals surface area contributed by atoms with Gasteiger partial charge in [0.25, 0.3) is 0 Å². The number of aryl methyl sites for hydroxylation is 1. The summed E-state index contributed by atoms with van der Waals surface area (Å²) in [6, 6.07) is 12.8. The van der Waals surface area contributed by atoms with Crippen molar-refractivity contribution in [2.75, 3.05) is 12.4 Å². The fraction of sp³-hybridized carbons (Fsp3) is 0.211. The first-order valence-corrected chi connectivity index (χ1v) is 8.72. The van der Waals surface area contributed by atoms with E-state index in [1.165, 1.54) is 11.3 Å². The van der Waals surface area contributed by atoms with Crippen molar-refractivity contribution in [3.63, 3.8) is 0 Å². The summed E-state index contributed by atoms with van der Waals surface area (Å²) in [6.07, 6.45) is 0.280. The summed E-state index contributed by atoms with van der Waals surface area (Å²) in [5.41, 5.74) is 2.55. The molecule has 1 heterocycles. The lowest BCUT2D eigenvalue weighted by atomic mass is 10.1. The smallest absolute Gasteiger partial charge is 0.226 e. The van der Waals surface area contributed by atoms with Crippen LogP contribution in [-0.2, 0) is 4.79 Å². The summed E-state index contributed by atoms with van der Waals surface area (Å²) in [5.74, 6) is 0.414. The van der Waals surface area contributed by atoms with Crippen LogP contribution in [0.2, 0.25) is 0 Å². The Morgan fingerprint density at radius 3 is 2.56 bits per heavy atom. The van der Waals surface area contributed by atoms with Gasteiger partial charge in [0.05, 0.1) is 17.3 Å². The molecule has 1 aromatic heterocycles. The second-order valence-corrected chi connectivity index (χ2v) is 6.67. The topological polar surface area (TPSA) is 68.3 Å². The number of carbonyl (C=O) groups excluding carboxylic acids is 2. The van der Waals surface area contributed by atoms with Gasteiger partial charge in [-0.3, -0.25) is 9.59 Å². The minimum Gasteiger partial charge on any atom is -0.497 e. The molecule has 0 aliphatic rings. The summed E-state index contributed by atoms with van der Waals surface area (Å²) in [5, 5.41) is 3.34. The van der Waals surface area contributed by atoms with Crippen molar-refractivity contribution in [3.05, 3.63) is 53.6 Å². The molecule has 0 bridgehead atoms. The van der Waals surface area contributed by atoms with Gasteiger partial charge >= 0.3 is 0 Å². The fourth-order valence-electron chi connectivity index (χ4n) is 2.47. The molecule has 3 aromatic rings. The molecule has 0 aliphatic heterocycles. The summed E-state index contributed by atoms with van der Waals surface area (Å²) in [4.78, 5) is 28.7. The van der Waals surface area contributed by atoms with E-state index in [1.807, 2.05) is 25.1 Å². The molecule has 3 rings (SSSR count). The number of amides is 1. The first-order valence-electron chi connectivity index (χ1n) is 7.90. The lowest BCUT2D eigenvalue weighted by Crippen LogP contribution is -2.13. The van der Waals surface area contributed by atoms with E-state index in [1.54, 1.807) is 31.4 Å². The highest BCUT2D eigenvalue weighted by Gasteiger charge is 2.12. The molecule has 0 radical (unpaired) electrons. The molecular weight excluding hydrogens is 336 g/mol. The lowest BCUT2D eigenvalue weighted by Gasteiger charge is -2.03.